The molecule has 1 heterocycles. The van der Waals surface area contributed by atoms with E-state index in [0.717, 1.165) is 18.7 Å². The van der Waals surface area contributed by atoms with E-state index in [-0.39, 0.29) is 5.91 Å². The van der Waals surface area contributed by atoms with Crippen molar-refractivity contribution in [1.82, 2.24) is 10.3 Å². The van der Waals surface area contributed by atoms with Gasteiger partial charge in [-0.05, 0) is 24.5 Å². The van der Waals surface area contributed by atoms with Gasteiger partial charge in [0.05, 0.1) is 0 Å². The summed E-state index contributed by atoms with van der Waals surface area (Å²) in [4.78, 5) is 15.7. The van der Waals surface area contributed by atoms with Crippen LogP contribution in [0.25, 0.3) is 0 Å². The quantitative estimate of drug-likeness (QED) is 0.728. The van der Waals surface area contributed by atoms with Crippen LogP contribution < -0.4 is 10.6 Å². The maximum absolute atomic E-state index is 11.7. The van der Waals surface area contributed by atoms with Crippen molar-refractivity contribution in [3.63, 3.8) is 0 Å². The number of carbonyl (C=O) groups excluding carboxylic acids is 1. The third-order valence-corrected chi connectivity index (χ3v) is 2.45. The van der Waals surface area contributed by atoms with E-state index in [0.29, 0.717) is 18.2 Å². The Morgan fingerprint density at radius 1 is 1.56 bits per heavy atom. The van der Waals surface area contributed by atoms with Gasteiger partial charge in [0.25, 0.3) is 5.91 Å². The largest absolute Gasteiger partial charge is 0.385 e. The SMILES string of the molecule is C=CCNC(=O)c1cc(NCCC(C)C)ccn1. The number of pyridine rings is 1. The molecule has 0 aliphatic rings. The van der Waals surface area contributed by atoms with Gasteiger partial charge in [-0.25, -0.2) is 0 Å². The highest BCUT2D eigenvalue weighted by Gasteiger charge is 2.06. The highest BCUT2D eigenvalue weighted by Crippen LogP contribution is 2.09. The van der Waals surface area contributed by atoms with Gasteiger partial charge in [-0.15, -0.1) is 6.58 Å². The third kappa shape index (κ3) is 4.99. The van der Waals surface area contributed by atoms with Gasteiger partial charge < -0.3 is 10.6 Å². The number of rotatable bonds is 7. The fourth-order valence-electron chi connectivity index (χ4n) is 1.43. The Morgan fingerprint density at radius 2 is 2.33 bits per heavy atom. The molecule has 0 spiro atoms. The summed E-state index contributed by atoms with van der Waals surface area (Å²) >= 11 is 0. The van der Waals surface area contributed by atoms with E-state index >= 15 is 0 Å². The van der Waals surface area contributed by atoms with E-state index in [9.17, 15) is 4.79 Å². The van der Waals surface area contributed by atoms with Crippen molar-refractivity contribution in [2.24, 2.45) is 5.92 Å². The van der Waals surface area contributed by atoms with Crippen molar-refractivity contribution in [2.75, 3.05) is 18.4 Å². The van der Waals surface area contributed by atoms with Crippen molar-refractivity contribution >= 4 is 11.6 Å². The lowest BCUT2D eigenvalue weighted by molar-refractivity contribution is 0.0953. The summed E-state index contributed by atoms with van der Waals surface area (Å²) in [5.74, 6) is 0.483. The van der Waals surface area contributed by atoms with Crippen LogP contribution in [0.1, 0.15) is 30.8 Å². The minimum absolute atomic E-state index is 0.178. The molecule has 18 heavy (non-hydrogen) atoms. The predicted molar refractivity (Wildman–Crippen MR) is 74.7 cm³/mol. The number of amides is 1. The number of aromatic nitrogens is 1. The number of nitrogens with zero attached hydrogens (tertiary/aromatic N) is 1. The summed E-state index contributed by atoms with van der Waals surface area (Å²) in [5, 5.41) is 5.99. The maximum atomic E-state index is 11.7. The Morgan fingerprint density at radius 3 is 3.00 bits per heavy atom. The summed E-state index contributed by atoms with van der Waals surface area (Å²) < 4.78 is 0. The van der Waals surface area contributed by atoms with Crippen LogP contribution in [-0.2, 0) is 0 Å². The van der Waals surface area contributed by atoms with E-state index in [1.54, 1.807) is 18.3 Å². The molecule has 0 radical (unpaired) electrons. The van der Waals surface area contributed by atoms with Crippen LogP contribution in [0.3, 0.4) is 0 Å². The molecule has 1 aromatic heterocycles. The van der Waals surface area contributed by atoms with Gasteiger partial charge in [0.15, 0.2) is 0 Å². The van der Waals surface area contributed by atoms with Crippen molar-refractivity contribution in [1.29, 1.82) is 0 Å². The average Bonchev–Trinajstić information content (AvgIpc) is 2.36. The molecule has 98 valence electrons. The molecule has 4 nitrogen and oxygen atoms in total. The second kappa shape index (κ2) is 7.48. The molecule has 0 unspecified atom stereocenters. The van der Waals surface area contributed by atoms with Gasteiger partial charge in [-0.2, -0.15) is 0 Å². The van der Waals surface area contributed by atoms with Gasteiger partial charge in [-0.3, -0.25) is 9.78 Å². The fourth-order valence-corrected chi connectivity index (χ4v) is 1.43. The summed E-state index contributed by atoms with van der Waals surface area (Å²) in [7, 11) is 0. The molecular formula is C14H21N3O. The number of hydrogen-bond acceptors (Lipinski definition) is 3. The molecule has 4 heteroatoms. The molecule has 0 aliphatic heterocycles. The minimum atomic E-state index is -0.178. The lowest BCUT2D eigenvalue weighted by atomic mass is 10.1. The summed E-state index contributed by atoms with van der Waals surface area (Å²) in [5.41, 5.74) is 1.35. The monoisotopic (exact) mass is 247 g/mol. The Balaban J connectivity index is 2.55. The van der Waals surface area contributed by atoms with Crippen molar-refractivity contribution in [3.05, 3.63) is 36.7 Å². The highest BCUT2D eigenvalue weighted by molar-refractivity contribution is 5.93. The zero-order valence-electron chi connectivity index (χ0n) is 11.1. The Kier molecular flexibility index (Phi) is 5.91. The predicted octanol–water partition coefficient (Wildman–Crippen LogP) is 2.46. The molecule has 0 aliphatic carbocycles. The molecule has 0 saturated carbocycles. The van der Waals surface area contributed by atoms with Crippen LogP contribution in [0, 0.1) is 5.92 Å². The van der Waals surface area contributed by atoms with Crippen LogP contribution >= 0.6 is 0 Å². The second-order valence-corrected chi connectivity index (χ2v) is 4.54. The van der Waals surface area contributed by atoms with Gasteiger partial charge in [0.2, 0.25) is 0 Å². The van der Waals surface area contributed by atoms with Gasteiger partial charge in [0.1, 0.15) is 5.69 Å². The third-order valence-electron chi connectivity index (χ3n) is 2.45. The topological polar surface area (TPSA) is 54.0 Å². The first kappa shape index (κ1) is 14.2. The lowest BCUT2D eigenvalue weighted by Gasteiger charge is -2.09. The molecule has 0 atom stereocenters. The first-order chi connectivity index (χ1) is 8.63. The molecule has 0 bridgehead atoms. The minimum Gasteiger partial charge on any atom is -0.385 e. The zero-order valence-corrected chi connectivity index (χ0v) is 11.1. The first-order valence-corrected chi connectivity index (χ1v) is 6.22. The number of anilines is 1. The van der Waals surface area contributed by atoms with E-state index in [2.05, 4.69) is 36.0 Å². The van der Waals surface area contributed by atoms with E-state index in [1.807, 2.05) is 6.07 Å². The maximum Gasteiger partial charge on any atom is 0.270 e. The Bertz CT molecular complexity index is 402. The molecule has 2 N–H and O–H groups in total. The standard InChI is InChI=1S/C14H21N3O/c1-4-7-17-14(18)13-10-12(6-9-16-13)15-8-5-11(2)3/h4,6,9-11H,1,5,7-8H2,2-3H3,(H,15,16)(H,17,18). The molecular weight excluding hydrogens is 226 g/mol. The Labute approximate surface area is 109 Å². The van der Waals surface area contributed by atoms with Crippen molar-refractivity contribution in [3.8, 4) is 0 Å². The van der Waals surface area contributed by atoms with Gasteiger partial charge in [-0.1, -0.05) is 19.9 Å². The van der Waals surface area contributed by atoms with Crippen LogP contribution in [0.2, 0.25) is 0 Å². The van der Waals surface area contributed by atoms with Crippen molar-refractivity contribution < 1.29 is 4.79 Å². The Hall–Kier alpha value is -1.84. The fraction of sp³-hybridized carbons (Fsp3) is 0.429. The molecule has 0 saturated heterocycles. The highest BCUT2D eigenvalue weighted by atomic mass is 16.1. The number of nitrogens with one attached hydrogen (secondary N) is 2. The van der Waals surface area contributed by atoms with E-state index < -0.39 is 0 Å². The van der Waals surface area contributed by atoms with Crippen LogP contribution in [0.4, 0.5) is 5.69 Å². The van der Waals surface area contributed by atoms with Gasteiger partial charge >= 0.3 is 0 Å². The molecule has 0 aromatic carbocycles. The summed E-state index contributed by atoms with van der Waals surface area (Å²) in [6.07, 6.45) is 4.38. The van der Waals surface area contributed by atoms with Crippen LogP contribution in [-0.4, -0.2) is 24.0 Å². The van der Waals surface area contributed by atoms with E-state index in [4.69, 9.17) is 0 Å². The van der Waals surface area contributed by atoms with Crippen LogP contribution in [0.5, 0.6) is 0 Å². The summed E-state index contributed by atoms with van der Waals surface area (Å²) in [6, 6.07) is 3.63. The molecule has 1 amide bonds. The normalized spacial score (nSPS) is 10.2. The van der Waals surface area contributed by atoms with Crippen molar-refractivity contribution in [2.45, 2.75) is 20.3 Å². The second-order valence-electron chi connectivity index (χ2n) is 4.54. The van der Waals surface area contributed by atoms with E-state index in [1.165, 1.54) is 0 Å². The molecule has 1 rings (SSSR count). The first-order valence-electron chi connectivity index (χ1n) is 6.22. The van der Waals surface area contributed by atoms with Crippen LogP contribution in [0.15, 0.2) is 31.0 Å². The number of hydrogen-bond donors (Lipinski definition) is 2. The molecule has 0 fully saturated rings. The summed E-state index contributed by atoms with van der Waals surface area (Å²) in [6.45, 7) is 9.27. The smallest absolute Gasteiger partial charge is 0.270 e. The zero-order chi connectivity index (χ0) is 13.4. The average molecular weight is 247 g/mol. The lowest BCUT2D eigenvalue weighted by Crippen LogP contribution is -2.24. The van der Waals surface area contributed by atoms with Gasteiger partial charge in [0, 0.05) is 25.0 Å². The number of carbonyl (C=O) groups is 1. The molecule has 1 aromatic rings.